The Morgan fingerprint density at radius 3 is 2.00 bits per heavy atom. The first-order chi connectivity index (χ1) is 10.0. The minimum Gasteiger partial charge on any atom is -0.348 e. The highest BCUT2D eigenvalue weighted by Gasteiger charge is 2.38. The summed E-state index contributed by atoms with van der Waals surface area (Å²) in [6.07, 6.45) is -4.76. The van der Waals surface area contributed by atoms with E-state index in [1.165, 1.54) is 7.11 Å². The van der Waals surface area contributed by atoms with Crippen LogP contribution in [0.15, 0.2) is 0 Å². The maximum absolute atomic E-state index is 11.6. The zero-order valence-corrected chi connectivity index (χ0v) is 14.4. The smallest absolute Gasteiger partial charge is 0.348 e. The fourth-order valence-corrected chi connectivity index (χ4v) is 1.62. The molecule has 10 heteroatoms. The average Bonchev–Trinajstić information content (AvgIpc) is 2.35. The highest BCUT2D eigenvalue weighted by Crippen LogP contribution is 2.21. The third-order valence-electron chi connectivity index (χ3n) is 1.88. The largest absolute Gasteiger partial charge is 0.697 e. The first-order valence-corrected chi connectivity index (χ1v) is 7.85. The predicted molar refractivity (Wildman–Crippen MR) is 77.7 cm³/mol. The molecular weight excluding hydrogens is 324 g/mol. The van der Waals surface area contributed by atoms with E-state index in [9.17, 15) is 22.5 Å². The standard InChI is InChI=1S/C6H9F3NO4P.C6H15N/c1-13-15(12)14-4-2-3-10-5(11)6(7,8)9;1-5(2)7-6(3)4/h2-4H2,1H3;5-7H,1-4H3/p+1. The lowest BCUT2D eigenvalue weighted by Crippen LogP contribution is -2.37. The van der Waals surface area contributed by atoms with Crippen molar-refractivity contribution in [3.8, 4) is 0 Å². The van der Waals surface area contributed by atoms with Crippen molar-refractivity contribution in [3.63, 3.8) is 0 Å². The van der Waals surface area contributed by atoms with Crippen LogP contribution in [0.3, 0.4) is 0 Å². The van der Waals surface area contributed by atoms with Gasteiger partial charge in [-0.25, -0.2) is 0 Å². The summed E-state index contributed by atoms with van der Waals surface area (Å²) >= 11 is 0. The van der Waals surface area contributed by atoms with Gasteiger partial charge in [-0.15, -0.1) is 9.05 Å². The van der Waals surface area contributed by atoms with E-state index in [4.69, 9.17) is 0 Å². The van der Waals surface area contributed by atoms with Crippen molar-refractivity contribution in [1.29, 1.82) is 0 Å². The summed E-state index contributed by atoms with van der Waals surface area (Å²) in [5, 5.41) is 4.94. The van der Waals surface area contributed by atoms with Crippen LogP contribution in [0.2, 0.25) is 0 Å². The Hall–Kier alpha value is -0.760. The predicted octanol–water partition coefficient (Wildman–Crippen LogP) is 2.77. The number of rotatable bonds is 8. The molecule has 0 heterocycles. The third kappa shape index (κ3) is 17.3. The van der Waals surface area contributed by atoms with Crippen LogP contribution in [0.1, 0.15) is 34.1 Å². The molecule has 0 saturated heterocycles. The summed E-state index contributed by atoms with van der Waals surface area (Å²) in [6.45, 7) is 8.35. The van der Waals surface area contributed by atoms with Crippen LogP contribution in [0, 0.1) is 0 Å². The van der Waals surface area contributed by atoms with Crippen molar-refractivity contribution in [2.45, 2.75) is 52.4 Å². The van der Waals surface area contributed by atoms with Gasteiger partial charge in [0.05, 0.1) is 7.11 Å². The molecular formula is C12H25F3N2O4P+. The molecule has 2 N–H and O–H groups in total. The Kier molecular flexibility index (Phi) is 13.6. The fourth-order valence-electron chi connectivity index (χ4n) is 1.23. The van der Waals surface area contributed by atoms with Gasteiger partial charge in [-0.2, -0.15) is 13.2 Å². The van der Waals surface area contributed by atoms with Crippen molar-refractivity contribution in [2.24, 2.45) is 0 Å². The molecule has 1 unspecified atom stereocenters. The summed E-state index contributed by atoms with van der Waals surface area (Å²) in [5.41, 5.74) is 0. The van der Waals surface area contributed by atoms with Gasteiger partial charge in [0.1, 0.15) is 6.61 Å². The van der Waals surface area contributed by atoms with E-state index in [0.29, 0.717) is 12.1 Å². The van der Waals surface area contributed by atoms with Crippen molar-refractivity contribution in [3.05, 3.63) is 0 Å². The molecule has 0 rings (SSSR count). The molecule has 0 aromatic rings. The molecule has 0 bridgehead atoms. The molecule has 1 amide bonds. The molecule has 0 aliphatic rings. The Morgan fingerprint density at radius 1 is 1.18 bits per heavy atom. The molecule has 0 fully saturated rings. The molecule has 6 nitrogen and oxygen atoms in total. The van der Waals surface area contributed by atoms with Gasteiger partial charge in [-0.05, 0) is 6.42 Å². The second-order valence-corrected chi connectivity index (χ2v) is 5.89. The van der Waals surface area contributed by atoms with Crippen molar-refractivity contribution in [1.82, 2.24) is 10.6 Å². The van der Waals surface area contributed by atoms with Gasteiger partial charge in [0.15, 0.2) is 0 Å². The third-order valence-corrected chi connectivity index (χ3v) is 2.57. The van der Waals surface area contributed by atoms with E-state index in [1.54, 1.807) is 5.32 Å². The van der Waals surface area contributed by atoms with E-state index in [1.807, 2.05) is 0 Å². The first kappa shape index (κ1) is 23.5. The maximum Gasteiger partial charge on any atom is 0.697 e. The number of carbonyl (C=O) groups is 1. The van der Waals surface area contributed by atoms with E-state index in [0.717, 1.165) is 0 Å². The second-order valence-electron chi connectivity index (χ2n) is 4.82. The highest BCUT2D eigenvalue weighted by molar-refractivity contribution is 7.33. The van der Waals surface area contributed by atoms with Crippen LogP contribution < -0.4 is 10.6 Å². The lowest BCUT2D eigenvalue weighted by atomic mass is 10.3. The summed E-state index contributed by atoms with van der Waals surface area (Å²) in [6, 6.07) is 1.25. The van der Waals surface area contributed by atoms with Gasteiger partial charge in [0, 0.05) is 23.2 Å². The Labute approximate surface area is 130 Å². The zero-order chi connectivity index (χ0) is 17.8. The molecule has 1 atom stereocenters. The molecule has 0 radical (unpaired) electrons. The summed E-state index contributed by atoms with van der Waals surface area (Å²) in [5.74, 6) is -2.00. The van der Waals surface area contributed by atoms with Gasteiger partial charge in [-0.1, -0.05) is 27.7 Å². The van der Waals surface area contributed by atoms with E-state index >= 15 is 0 Å². The van der Waals surface area contributed by atoms with Gasteiger partial charge in [-0.3, -0.25) is 4.79 Å². The molecule has 0 spiro atoms. The first-order valence-electron chi connectivity index (χ1n) is 6.76. The normalized spacial score (nSPS) is 12.0. The highest BCUT2D eigenvalue weighted by atomic mass is 31.1. The molecule has 132 valence electrons. The van der Waals surface area contributed by atoms with E-state index < -0.39 is 20.3 Å². The van der Waals surface area contributed by atoms with Crippen LogP contribution in [0.25, 0.3) is 0 Å². The van der Waals surface area contributed by atoms with Crippen LogP contribution in [-0.2, 0) is 18.4 Å². The number of hydrogen-bond acceptors (Lipinski definition) is 5. The number of alkyl halides is 3. The Morgan fingerprint density at radius 2 is 1.68 bits per heavy atom. The van der Waals surface area contributed by atoms with Crippen LogP contribution in [-0.4, -0.2) is 44.4 Å². The van der Waals surface area contributed by atoms with E-state index in [2.05, 4.69) is 42.1 Å². The minimum absolute atomic E-state index is 0.0544. The summed E-state index contributed by atoms with van der Waals surface area (Å²) in [4.78, 5) is 10.3. The number of nitrogens with one attached hydrogen (secondary N) is 2. The quantitative estimate of drug-likeness (QED) is 0.521. The van der Waals surface area contributed by atoms with Crippen LogP contribution >= 0.6 is 8.25 Å². The van der Waals surface area contributed by atoms with Gasteiger partial charge < -0.3 is 10.6 Å². The molecule has 0 aromatic carbocycles. The van der Waals surface area contributed by atoms with Crippen molar-refractivity contribution < 1.29 is 31.6 Å². The maximum atomic E-state index is 11.6. The molecule has 22 heavy (non-hydrogen) atoms. The second kappa shape index (κ2) is 12.8. The number of halogens is 3. The van der Waals surface area contributed by atoms with Crippen molar-refractivity contribution in [2.75, 3.05) is 20.3 Å². The number of carbonyl (C=O) groups excluding carboxylic acids is 1. The van der Waals surface area contributed by atoms with Gasteiger partial charge >= 0.3 is 20.3 Å². The monoisotopic (exact) mass is 349 g/mol. The minimum atomic E-state index is -4.88. The number of amides is 1. The summed E-state index contributed by atoms with van der Waals surface area (Å²) < 4.78 is 54.2. The van der Waals surface area contributed by atoms with Gasteiger partial charge in [0.2, 0.25) is 0 Å². The van der Waals surface area contributed by atoms with Crippen LogP contribution in [0.5, 0.6) is 0 Å². The molecule has 0 aliphatic heterocycles. The zero-order valence-electron chi connectivity index (χ0n) is 13.5. The fraction of sp³-hybridized carbons (Fsp3) is 0.917. The Bertz CT molecular complexity index is 320. The molecule has 0 aliphatic carbocycles. The SMILES string of the molecule is CC(C)NC(C)C.CO[P+](=O)OCCCNC(=O)C(F)(F)F. The van der Waals surface area contributed by atoms with Gasteiger partial charge in [0.25, 0.3) is 0 Å². The Balaban J connectivity index is 0. The average molecular weight is 349 g/mol. The molecule has 0 aromatic heterocycles. The number of hydrogen-bond donors (Lipinski definition) is 2. The summed E-state index contributed by atoms with van der Waals surface area (Å²) in [7, 11) is -1.05. The van der Waals surface area contributed by atoms with E-state index in [-0.39, 0.29) is 19.6 Å². The topological polar surface area (TPSA) is 76.7 Å². The molecule has 0 saturated carbocycles. The lowest BCUT2D eigenvalue weighted by Gasteiger charge is -2.10. The lowest BCUT2D eigenvalue weighted by molar-refractivity contribution is -0.173. The van der Waals surface area contributed by atoms with Crippen molar-refractivity contribution >= 4 is 14.2 Å². The van der Waals surface area contributed by atoms with Crippen LogP contribution in [0.4, 0.5) is 13.2 Å².